The van der Waals surface area contributed by atoms with E-state index in [1.807, 2.05) is 32.0 Å². The first-order chi connectivity index (χ1) is 11.0. The van der Waals surface area contributed by atoms with Gasteiger partial charge in [0.15, 0.2) is 0 Å². The van der Waals surface area contributed by atoms with E-state index < -0.39 is 11.1 Å². The Hall–Kier alpha value is -2.89. The molecule has 0 bridgehead atoms. The van der Waals surface area contributed by atoms with E-state index in [0.717, 1.165) is 0 Å². The van der Waals surface area contributed by atoms with Gasteiger partial charge < -0.3 is 10.2 Å². The molecule has 0 fully saturated rings. The maximum atomic E-state index is 12.8. The maximum Gasteiger partial charge on any atom is 0.276 e. The third kappa shape index (κ3) is 2.52. The van der Waals surface area contributed by atoms with E-state index >= 15 is 0 Å². The fourth-order valence-corrected chi connectivity index (χ4v) is 2.91. The van der Waals surface area contributed by atoms with Gasteiger partial charge in [-0.3, -0.25) is 14.9 Å². The molecule has 1 amide bonds. The van der Waals surface area contributed by atoms with Gasteiger partial charge in [0.2, 0.25) is 0 Å². The Bertz CT molecular complexity index is 773. The van der Waals surface area contributed by atoms with Gasteiger partial charge in [-0.2, -0.15) is 0 Å². The van der Waals surface area contributed by atoms with Crippen molar-refractivity contribution in [3.8, 4) is 0 Å². The minimum atomic E-state index is -0.570. The Labute approximate surface area is 133 Å². The van der Waals surface area contributed by atoms with Gasteiger partial charge in [-0.05, 0) is 32.0 Å². The highest BCUT2D eigenvalue weighted by atomic mass is 16.6. The molecule has 0 saturated carbocycles. The molecule has 6 nitrogen and oxygen atoms in total. The fraction of sp³-hybridized carbons (Fsp3) is 0.235. The SMILES string of the molecule is CC(C)N1C(=O)c2ccccc2NC1c1ccccc1[N+](=O)[O-]. The molecule has 2 aromatic carbocycles. The molecule has 2 aromatic rings. The van der Waals surface area contributed by atoms with Gasteiger partial charge in [0, 0.05) is 17.8 Å². The highest BCUT2D eigenvalue weighted by Crippen LogP contribution is 2.37. The van der Waals surface area contributed by atoms with Crippen LogP contribution in [0.25, 0.3) is 0 Å². The molecule has 0 spiro atoms. The van der Waals surface area contributed by atoms with E-state index in [0.29, 0.717) is 16.8 Å². The number of hydrogen-bond acceptors (Lipinski definition) is 4. The van der Waals surface area contributed by atoms with Crippen LogP contribution in [-0.2, 0) is 0 Å². The molecule has 118 valence electrons. The van der Waals surface area contributed by atoms with Crippen molar-refractivity contribution >= 4 is 17.3 Å². The smallest absolute Gasteiger partial charge is 0.276 e. The molecule has 0 aliphatic carbocycles. The molecule has 1 atom stereocenters. The van der Waals surface area contributed by atoms with E-state index in [1.54, 1.807) is 29.2 Å². The highest BCUT2D eigenvalue weighted by Gasteiger charge is 2.37. The molecular weight excluding hydrogens is 294 g/mol. The second kappa shape index (κ2) is 5.72. The predicted molar refractivity (Wildman–Crippen MR) is 87.2 cm³/mol. The topological polar surface area (TPSA) is 75.5 Å². The van der Waals surface area contributed by atoms with Crippen LogP contribution in [0.5, 0.6) is 0 Å². The number of nitrogens with one attached hydrogen (secondary N) is 1. The average Bonchev–Trinajstić information content (AvgIpc) is 2.54. The third-order valence-corrected chi connectivity index (χ3v) is 3.95. The summed E-state index contributed by atoms with van der Waals surface area (Å²) in [6, 6.07) is 13.6. The molecule has 1 unspecified atom stereocenters. The number of amides is 1. The number of carbonyl (C=O) groups excluding carboxylic acids is 1. The van der Waals surface area contributed by atoms with Crippen LogP contribution in [0, 0.1) is 10.1 Å². The van der Waals surface area contributed by atoms with Crippen molar-refractivity contribution in [2.75, 3.05) is 5.32 Å². The normalized spacial score (nSPS) is 16.9. The zero-order valence-electron chi connectivity index (χ0n) is 12.9. The van der Waals surface area contributed by atoms with Gasteiger partial charge in [-0.1, -0.05) is 24.3 Å². The number of nitrogens with zero attached hydrogens (tertiary/aromatic N) is 2. The molecule has 1 heterocycles. The van der Waals surface area contributed by atoms with Gasteiger partial charge in [-0.25, -0.2) is 0 Å². The fourth-order valence-electron chi connectivity index (χ4n) is 2.91. The highest BCUT2D eigenvalue weighted by molar-refractivity contribution is 6.02. The van der Waals surface area contributed by atoms with Crippen LogP contribution in [0.2, 0.25) is 0 Å². The number of carbonyl (C=O) groups is 1. The lowest BCUT2D eigenvalue weighted by atomic mass is 10.0. The lowest BCUT2D eigenvalue weighted by molar-refractivity contribution is -0.385. The van der Waals surface area contributed by atoms with E-state index in [-0.39, 0.29) is 17.6 Å². The molecule has 1 aliphatic rings. The molecule has 0 radical (unpaired) electrons. The first kappa shape index (κ1) is 15.0. The summed E-state index contributed by atoms with van der Waals surface area (Å²) in [5.41, 5.74) is 1.76. The second-order valence-electron chi connectivity index (χ2n) is 5.71. The summed E-state index contributed by atoms with van der Waals surface area (Å²) < 4.78 is 0. The van der Waals surface area contributed by atoms with Crippen molar-refractivity contribution < 1.29 is 9.72 Å². The van der Waals surface area contributed by atoms with Crippen molar-refractivity contribution in [2.45, 2.75) is 26.1 Å². The van der Waals surface area contributed by atoms with Crippen LogP contribution in [-0.4, -0.2) is 21.8 Å². The van der Waals surface area contributed by atoms with Gasteiger partial charge in [0.05, 0.1) is 16.1 Å². The molecule has 1 aliphatic heterocycles. The van der Waals surface area contributed by atoms with E-state index in [4.69, 9.17) is 0 Å². The number of hydrogen-bond donors (Lipinski definition) is 1. The molecule has 0 aromatic heterocycles. The number of para-hydroxylation sites is 2. The summed E-state index contributed by atoms with van der Waals surface area (Å²) >= 11 is 0. The molecule has 3 rings (SSSR count). The standard InChI is InChI=1S/C17H17N3O3/c1-11(2)19-16(13-8-4-6-10-15(13)20(22)23)18-14-9-5-3-7-12(14)17(19)21/h3-11,16,18H,1-2H3. The van der Waals surface area contributed by atoms with Gasteiger partial charge in [-0.15, -0.1) is 0 Å². The van der Waals surface area contributed by atoms with Gasteiger partial charge in [0.1, 0.15) is 6.17 Å². The van der Waals surface area contributed by atoms with Crippen LogP contribution >= 0.6 is 0 Å². The number of benzene rings is 2. The maximum absolute atomic E-state index is 12.8. The zero-order chi connectivity index (χ0) is 16.6. The minimum absolute atomic E-state index is 0.00262. The van der Waals surface area contributed by atoms with Crippen LogP contribution < -0.4 is 5.32 Å². The molecule has 23 heavy (non-hydrogen) atoms. The Kier molecular flexibility index (Phi) is 3.73. The summed E-state index contributed by atoms with van der Waals surface area (Å²) in [4.78, 5) is 25.4. The number of fused-ring (bicyclic) bond motifs is 1. The Balaban J connectivity index is 2.15. The Morgan fingerprint density at radius 2 is 1.78 bits per heavy atom. The lowest BCUT2D eigenvalue weighted by Crippen LogP contribution is -2.46. The second-order valence-corrected chi connectivity index (χ2v) is 5.71. The van der Waals surface area contributed by atoms with Gasteiger partial charge in [0.25, 0.3) is 11.6 Å². The average molecular weight is 311 g/mol. The number of nitro benzene ring substituents is 1. The minimum Gasteiger partial charge on any atom is -0.361 e. The quantitative estimate of drug-likeness (QED) is 0.694. The Morgan fingerprint density at radius 1 is 1.13 bits per heavy atom. The zero-order valence-corrected chi connectivity index (χ0v) is 12.9. The lowest BCUT2D eigenvalue weighted by Gasteiger charge is -2.40. The number of rotatable bonds is 3. The predicted octanol–water partition coefficient (Wildman–Crippen LogP) is 3.57. The van der Waals surface area contributed by atoms with Crippen LogP contribution in [0.1, 0.15) is 35.9 Å². The van der Waals surface area contributed by atoms with Crippen LogP contribution in [0.4, 0.5) is 11.4 Å². The third-order valence-electron chi connectivity index (χ3n) is 3.95. The molecule has 1 N–H and O–H groups in total. The number of nitro groups is 1. The summed E-state index contributed by atoms with van der Waals surface area (Å²) in [6.07, 6.45) is -0.570. The van der Waals surface area contributed by atoms with Crippen molar-refractivity contribution in [1.29, 1.82) is 0 Å². The van der Waals surface area contributed by atoms with Crippen molar-refractivity contribution in [3.05, 3.63) is 69.8 Å². The van der Waals surface area contributed by atoms with Crippen molar-refractivity contribution in [3.63, 3.8) is 0 Å². The van der Waals surface area contributed by atoms with E-state index in [1.165, 1.54) is 6.07 Å². The summed E-state index contributed by atoms with van der Waals surface area (Å²) in [5.74, 6) is -0.127. The van der Waals surface area contributed by atoms with Crippen molar-refractivity contribution in [1.82, 2.24) is 4.90 Å². The Morgan fingerprint density at radius 3 is 2.48 bits per heavy atom. The first-order valence-corrected chi connectivity index (χ1v) is 7.42. The van der Waals surface area contributed by atoms with Gasteiger partial charge >= 0.3 is 0 Å². The van der Waals surface area contributed by atoms with Crippen LogP contribution in [0.3, 0.4) is 0 Å². The monoisotopic (exact) mass is 311 g/mol. The summed E-state index contributed by atoms with van der Waals surface area (Å²) in [5, 5.41) is 14.6. The van der Waals surface area contributed by atoms with Crippen LogP contribution in [0.15, 0.2) is 48.5 Å². The summed E-state index contributed by atoms with van der Waals surface area (Å²) in [7, 11) is 0. The molecular formula is C17H17N3O3. The molecule has 6 heteroatoms. The number of anilines is 1. The summed E-state index contributed by atoms with van der Waals surface area (Å²) in [6.45, 7) is 3.80. The largest absolute Gasteiger partial charge is 0.361 e. The van der Waals surface area contributed by atoms with Crippen molar-refractivity contribution in [2.24, 2.45) is 0 Å². The molecule has 0 saturated heterocycles. The first-order valence-electron chi connectivity index (χ1n) is 7.42. The van der Waals surface area contributed by atoms with E-state index in [9.17, 15) is 14.9 Å². The van der Waals surface area contributed by atoms with E-state index in [2.05, 4.69) is 5.32 Å².